The van der Waals surface area contributed by atoms with Crippen molar-refractivity contribution < 1.29 is 18.8 Å². The molecule has 0 unspecified atom stereocenters. The van der Waals surface area contributed by atoms with Gasteiger partial charge in [-0.15, -0.1) is 11.3 Å². The van der Waals surface area contributed by atoms with Gasteiger partial charge in [-0.25, -0.2) is 9.37 Å². The van der Waals surface area contributed by atoms with Gasteiger partial charge >= 0.3 is 0 Å². The van der Waals surface area contributed by atoms with E-state index >= 15 is 0 Å². The quantitative estimate of drug-likeness (QED) is 0.459. The minimum Gasteiger partial charge on any atom is -0.349 e. The molecule has 0 spiro atoms. The third-order valence-electron chi connectivity index (χ3n) is 5.02. The number of rotatable bonds is 8. The van der Waals surface area contributed by atoms with Gasteiger partial charge in [-0.05, 0) is 57.5 Å². The maximum atomic E-state index is 13.7. The van der Waals surface area contributed by atoms with Crippen LogP contribution in [0.2, 0.25) is 0 Å². The number of aromatic nitrogens is 1. The molecule has 3 amide bonds. The average Bonchev–Trinajstić information content (AvgIpc) is 3.29. The summed E-state index contributed by atoms with van der Waals surface area (Å²) in [4.78, 5) is 44.8. The molecule has 2 N–H and O–H groups in total. The monoisotopic (exact) mass is 496 g/mol. The summed E-state index contributed by atoms with van der Waals surface area (Å²) in [6.07, 6.45) is 1.36. The molecular formula is C26H29FN4O3S. The molecule has 0 aliphatic rings. The Kier molecular flexibility index (Phi) is 8.34. The van der Waals surface area contributed by atoms with Gasteiger partial charge in [0.05, 0.1) is 0 Å². The number of carbonyl (C=O) groups is 3. The van der Waals surface area contributed by atoms with Crippen LogP contribution in [-0.2, 0) is 14.4 Å². The van der Waals surface area contributed by atoms with Crippen molar-refractivity contribution in [2.75, 3.05) is 10.2 Å². The molecule has 0 aliphatic carbocycles. The van der Waals surface area contributed by atoms with Crippen LogP contribution in [0, 0.1) is 12.7 Å². The number of carbonyl (C=O) groups excluding carboxylic acids is 3. The number of benzene rings is 2. The maximum Gasteiger partial charge on any atom is 0.248 e. The highest BCUT2D eigenvalue weighted by Crippen LogP contribution is 2.30. The van der Waals surface area contributed by atoms with E-state index in [9.17, 15) is 18.8 Å². The van der Waals surface area contributed by atoms with Gasteiger partial charge in [-0.1, -0.05) is 29.8 Å². The molecule has 1 aromatic heterocycles. The van der Waals surface area contributed by atoms with E-state index in [4.69, 9.17) is 0 Å². The van der Waals surface area contributed by atoms with Crippen molar-refractivity contribution in [3.8, 4) is 0 Å². The van der Waals surface area contributed by atoms with Gasteiger partial charge in [0, 0.05) is 35.6 Å². The van der Waals surface area contributed by atoms with Crippen molar-refractivity contribution in [3.63, 3.8) is 0 Å². The summed E-state index contributed by atoms with van der Waals surface area (Å²) in [7, 11) is 0. The van der Waals surface area contributed by atoms with Crippen LogP contribution >= 0.6 is 11.3 Å². The molecule has 184 valence electrons. The van der Waals surface area contributed by atoms with Gasteiger partial charge < -0.3 is 10.6 Å². The molecule has 2 aromatic carbocycles. The molecular weight excluding hydrogens is 467 g/mol. The Morgan fingerprint density at radius 3 is 2.26 bits per heavy atom. The fourth-order valence-corrected chi connectivity index (χ4v) is 4.00. The van der Waals surface area contributed by atoms with Crippen LogP contribution in [0.1, 0.15) is 50.8 Å². The lowest BCUT2D eigenvalue weighted by molar-refractivity contribution is -0.128. The van der Waals surface area contributed by atoms with Crippen molar-refractivity contribution in [2.45, 2.75) is 52.1 Å². The highest BCUT2D eigenvalue weighted by molar-refractivity contribution is 7.13. The zero-order chi connectivity index (χ0) is 25.6. The molecule has 3 aromatic rings. The van der Waals surface area contributed by atoms with E-state index in [1.54, 1.807) is 23.7 Å². The number of hydrogen-bond acceptors (Lipinski definition) is 5. The van der Waals surface area contributed by atoms with Crippen molar-refractivity contribution >= 4 is 39.9 Å². The molecule has 3 rings (SSSR count). The molecule has 9 heteroatoms. The van der Waals surface area contributed by atoms with Crippen molar-refractivity contribution in [2.24, 2.45) is 0 Å². The Hall–Kier alpha value is -3.59. The molecule has 35 heavy (non-hydrogen) atoms. The summed E-state index contributed by atoms with van der Waals surface area (Å²) >= 11 is 1.28. The predicted octanol–water partition coefficient (Wildman–Crippen LogP) is 5.00. The first-order valence-corrected chi connectivity index (χ1v) is 12.1. The van der Waals surface area contributed by atoms with Gasteiger partial charge in [-0.2, -0.15) is 0 Å². The van der Waals surface area contributed by atoms with Crippen LogP contribution in [0.25, 0.3) is 0 Å². The smallest absolute Gasteiger partial charge is 0.248 e. The predicted molar refractivity (Wildman–Crippen MR) is 136 cm³/mol. The number of hydrogen-bond donors (Lipinski definition) is 2. The maximum absolute atomic E-state index is 13.7. The second-order valence-corrected chi connectivity index (χ2v) is 10.1. The van der Waals surface area contributed by atoms with Gasteiger partial charge in [-0.3, -0.25) is 19.3 Å². The summed E-state index contributed by atoms with van der Waals surface area (Å²) in [5.41, 5.74) is 1.38. The van der Waals surface area contributed by atoms with E-state index in [1.807, 2.05) is 39.8 Å². The number of nitrogens with one attached hydrogen (secondary N) is 2. The Balaban J connectivity index is 1.95. The minimum atomic E-state index is -1.06. The largest absolute Gasteiger partial charge is 0.349 e. The Morgan fingerprint density at radius 1 is 1.03 bits per heavy atom. The molecule has 0 radical (unpaired) electrons. The Morgan fingerprint density at radius 2 is 1.69 bits per heavy atom. The fraction of sp³-hybridized carbons (Fsp3) is 0.308. The van der Waals surface area contributed by atoms with Gasteiger partial charge in [0.1, 0.15) is 11.9 Å². The van der Waals surface area contributed by atoms with Crippen LogP contribution in [0.5, 0.6) is 0 Å². The molecule has 0 bridgehead atoms. The van der Waals surface area contributed by atoms with Crippen molar-refractivity contribution in [1.29, 1.82) is 0 Å². The van der Waals surface area contributed by atoms with Crippen LogP contribution in [0.3, 0.4) is 0 Å². The van der Waals surface area contributed by atoms with Crippen LogP contribution in [0.15, 0.2) is 60.1 Å². The van der Waals surface area contributed by atoms with E-state index in [1.165, 1.54) is 40.5 Å². The van der Waals surface area contributed by atoms with Crippen LogP contribution in [-0.4, -0.2) is 28.2 Å². The average molecular weight is 497 g/mol. The zero-order valence-electron chi connectivity index (χ0n) is 20.2. The fourth-order valence-electron chi connectivity index (χ4n) is 3.45. The second kappa shape index (κ2) is 11.2. The number of thiazole rings is 1. The Bertz CT molecular complexity index is 1160. The normalized spacial score (nSPS) is 12.0. The van der Waals surface area contributed by atoms with Crippen molar-refractivity contribution in [3.05, 3.63) is 77.1 Å². The van der Waals surface area contributed by atoms with Crippen molar-refractivity contribution in [1.82, 2.24) is 10.3 Å². The molecule has 1 atom stereocenters. The lowest BCUT2D eigenvalue weighted by Crippen LogP contribution is -2.49. The summed E-state index contributed by atoms with van der Waals surface area (Å²) in [5, 5.41) is 7.78. The number of amides is 3. The third-order valence-corrected chi connectivity index (χ3v) is 5.70. The molecule has 1 heterocycles. The summed E-state index contributed by atoms with van der Waals surface area (Å²) in [6.45, 7) is 7.44. The summed E-state index contributed by atoms with van der Waals surface area (Å²) < 4.78 is 13.7. The van der Waals surface area contributed by atoms with E-state index in [0.717, 1.165) is 5.56 Å². The van der Waals surface area contributed by atoms with Gasteiger partial charge in [0.2, 0.25) is 17.7 Å². The number of halogens is 1. The minimum absolute atomic E-state index is 0.0855. The van der Waals surface area contributed by atoms with E-state index in [0.29, 0.717) is 16.4 Å². The molecule has 0 aliphatic heterocycles. The second-order valence-electron chi connectivity index (χ2n) is 9.18. The lowest BCUT2D eigenvalue weighted by atomic mass is 10.00. The van der Waals surface area contributed by atoms with Crippen LogP contribution < -0.4 is 15.5 Å². The van der Waals surface area contributed by atoms with Gasteiger partial charge in [0.15, 0.2) is 5.13 Å². The highest BCUT2D eigenvalue weighted by atomic mass is 32.1. The highest BCUT2D eigenvalue weighted by Gasteiger charge is 2.34. The number of aryl methyl sites for hydroxylation is 1. The van der Waals surface area contributed by atoms with Gasteiger partial charge in [0.25, 0.3) is 0 Å². The number of nitrogens with zero attached hydrogens (tertiary/aromatic N) is 2. The van der Waals surface area contributed by atoms with E-state index < -0.39 is 29.2 Å². The molecule has 7 nitrogen and oxygen atoms in total. The first-order chi connectivity index (χ1) is 16.5. The van der Waals surface area contributed by atoms with E-state index in [-0.39, 0.29) is 18.7 Å². The number of anilines is 2. The SMILES string of the molecule is Cc1ccc(N(C(=O)CCC(=O)Nc2nccs2)[C@@H](C(=O)NC(C)(C)C)c2ccc(F)cc2)cc1. The summed E-state index contributed by atoms with van der Waals surface area (Å²) in [6, 6.07) is 11.6. The zero-order valence-corrected chi connectivity index (χ0v) is 21.0. The summed E-state index contributed by atoms with van der Waals surface area (Å²) in [5.74, 6) is -1.63. The molecule has 0 saturated carbocycles. The molecule has 0 saturated heterocycles. The van der Waals surface area contributed by atoms with E-state index in [2.05, 4.69) is 15.6 Å². The standard InChI is InChI=1S/C26H29FN4O3S/c1-17-5-11-20(12-6-17)31(22(33)14-13-21(32)29-25-28-15-16-35-25)23(24(34)30-26(2,3)4)18-7-9-19(27)10-8-18/h5-12,15-16,23H,13-14H2,1-4H3,(H,30,34)(H,28,29,32)/t23-/m1/s1. The first kappa shape index (κ1) is 26.0. The first-order valence-electron chi connectivity index (χ1n) is 11.2. The topological polar surface area (TPSA) is 91.4 Å². The van der Waals surface area contributed by atoms with Crippen LogP contribution in [0.4, 0.5) is 15.2 Å². The Labute approximate surface area is 208 Å². The molecule has 0 fully saturated rings. The lowest BCUT2D eigenvalue weighted by Gasteiger charge is -2.34. The third kappa shape index (κ3) is 7.45.